The Morgan fingerprint density at radius 1 is 1.38 bits per heavy atom. The van der Waals surface area contributed by atoms with Gasteiger partial charge in [-0.15, -0.1) is 11.3 Å². The van der Waals surface area contributed by atoms with Crippen molar-refractivity contribution < 1.29 is 19.4 Å². The number of halogens is 1. The van der Waals surface area contributed by atoms with Gasteiger partial charge in [0.1, 0.15) is 6.61 Å². The minimum absolute atomic E-state index is 0.417. The van der Waals surface area contributed by atoms with Crippen molar-refractivity contribution in [2.24, 2.45) is 0 Å². The van der Waals surface area contributed by atoms with Crippen LogP contribution in [0.3, 0.4) is 0 Å². The molecule has 0 fully saturated rings. The van der Waals surface area contributed by atoms with Gasteiger partial charge in [0.05, 0.1) is 12.0 Å². The average Bonchev–Trinajstić information content (AvgIpc) is 2.88. The van der Waals surface area contributed by atoms with Crippen molar-refractivity contribution in [2.45, 2.75) is 6.61 Å². The Labute approximate surface area is 134 Å². The Kier molecular flexibility index (Phi) is 5.41. The number of rotatable bonds is 6. The minimum Gasteiger partial charge on any atom is -0.493 e. The smallest absolute Gasteiger partial charge is 0.328 e. The number of carboxylic acid groups (broad SMARTS) is 1. The number of thiophene rings is 1. The summed E-state index contributed by atoms with van der Waals surface area (Å²) in [6.45, 7) is 0.417. The lowest BCUT2D eigenvalue weighted by atomic mass is 10.2. The third kappa shape index (κ3) is 4.34. The first-order valence-electron chi connectivity index (χ1n) is 6.04. The molecule has 0 aliphatic heterocycles. The van der Waals surface area contributed by atoms with Crippen molar-refractivity contribution in [3.05, 3.63) is 50.6 Å². The van der Waals surface area contributed by atoms with E-state index in [9.17, 15) is 4.79 Å². The van der Waals surface area contributed by atoms with Crippen molar-refractivity contribution in [1.29, 1.82) is 0 Å². The Bertz CT molecular complexity index is 663. The number of ether oxygens (including phenoxy) is 2. The number of carbonyl (C=O) groups is 1. The van der Waals surface area contributed by atoms with Crippen LogP contribution >= 0.6 is 27.3 Å². The number of hydrogen-bond donors (Lipinski definition) is 1. The van der Waals surface area contributed by atoms with Gasteiger partial charge in [-0.1, -0.05) is 6.07 Å². The normalized spacial score (nSPS) is 10.8. The molecular weight excluding hydrogens is 356 g/mol. The first kappa shape index (κ1) is 15.6. The van der Waals surface area contributed by atoms with E-state index in [1.54, 1.807) is 36.6 Å². The number of carboxylic acids is 1. The lowest BCUT2D eigenvalue weighted by Gasteiger charge is -2.11. The van der Waals surface area contributed by atoms with Crippen molar-refractivity contribution in [3.63, 3.8) is 0 Å². The molecule has 0 saturated carbocycles. The molecule has 0 saturated heterocycles. The van der Waals surface area contributed by atoms with Gasteiger partial charge in [0.2, 0.25) is 0 Å². The second kappa shape index (κ2) is 7.28. The molecule has 4 nitrogen and oxygen atoms in total. The molecule has 0 atom stereocenters. The van der Waals surface area contributed by atoms with Gasteiger partial charge in [0.25, 0.3) is 0 Å². The monoisotopic (exact) mass is 368 g/mol. The second-order valence-electron chi connectivity index (χ2n) is 4.06. The maximum Gasteiger partial charge on any atom is 0.328 e. The van der Waals surface area contributed by atoms with Crippen LogP contribution in [0.1, 0.15) is 10.4 Å². The highest BCUT2D eigenvalue weighted by Crippen LogP contribution is 2.31. The molecule has 21 heavy (non-hydrogen) atoms. The maximum absolute atomic E-state index is 10.6. The van der Waals surface area contributed by atoms with E-state index in [4.69, 9.17) is 14.6 Å². The quantitative estimate of drug-likeness (QED) is 0.776. The molecule has 0 aliphatic carbocycles. The van der Waals surface area contributed by atoms with Gasteiger partial charge in [0.15, 0.2) is 11.5 Å². The van der Waals surface area contributed by atoms with E-state index in [0.717, 1.165) is 21.0 Å². The summed E-state index contributed by atoms with van der Waals surface area (Å²) < 4.78 is 12.0. The third-order valence-electron chi connectivity index (χ3n) is 2.66. The maximum atomic E-state index is 10.6. The molecule has 0 aliphatic rings. The van der Waals surface area contributed by atoms with Gasteiger partial charge in [-0.2, -0.15) is 0 Å². The van der Waals surface area contributed by atoms with Gasteiger partial charge in [-0.25, -0.2) is 4.79 Å². The molecule has 0 unspecified atom stereocenters. The van der Waals surface area contributed by atoms with Gasteiger partial charge in [0, 0.05) is 10.5 Å². The van der Waals surface area contributed by atoms with Crippen LogP contribution < -0.4 is 9.47 Å². The van der Waals surface area contributed by atoms with Gasteiger partial charge < -0.3 is 14.6 Å². The second-order valence-corrected chi connectivity index (χ2v) is 5.92. The molecule has 1 N–H and O–H groups in total. The standard InChI is InChI=1S/C15H13BrO4S/c1-19-12-4-2-10(3-5-15(17)18)8-13(12)20-9-14-11(16)6-7-21-14/h2-8H,9H2,1H3,(H,17,18). The molecule has 1 aromatic heterocycles. The van der Waals surface area contributed by atoms with Gasteiger partial charge in [-0.05, 0) is 51.1 Å². The first-order chi connectivity index (χ1) is 10.1. The van der Waals surface area contributed by atoms with E-state index in [-0.39, 0.29) is 0 Å². The number of hydrogen-bond acceptors (Lipinski definition) is 4. The van der Waals surface area contributed by atoms with Crippen LogP contribution in [0.5, 0.6) is 11.5 Å². The number of methoxy groups -OCH3 is 1. The molecule has 6 heteroatoms. The van der Waals surface area contributed by atoms with E-state index in [0.29, 0.717) is 18.1 Å². The molecule has 1 aromatic carbocycles. The summed E-state index contributed by atoms with van der Waals surface area (Å²) in [7, 11) is 1.57. The molecule has 0 amide bonds. The van der Waals surface area contributed by atoms with Crippen molar-refractivity contribution in [1.82, 2.24) is 0 Å². The highest BCUT2D eigenvalue weighted by Gasteiger charge is 2.08. The summed E-state index contributed by atoms with van der Waals surface area (Å²) in [6.07, 6.45) is 2.59. The molecule has 0 bridgehead atoms. The summed E-state index contributed by atoms with van der Waals surface area (Å²) in [5.74, 6) is 0.191. The fourth-order valence-corrected chi connectivity index (χ4v) is 3.03. The van der Waals surface area contributed by atoms with Crippen LogP contribution in [0.2, 0.25) is 0 Å². The zero-order chi connectivity index (χ0) is 15.2. The summed E-state index contributed by atoms with van der Waals surface area (Å²) >= 11 is 5.05. The van der Waals surface area contributed by atoms with Crippen molar-refractivity contribution >= 4 is 39.3 Å². The van der Waals surface area contributed by atoms with Crippen LogP contribution in [-0.4, -0.2) is 18.2 Å². The Morgan fingerprint density at radius 3 is 2.81 bits per heavy atom. The van der Waals surface area contributed by atoms with Crippen LogP contribution in [0.15, 0.2) is 40.2 Å². The van der Waals surface area contributed by atoms with E-state index in [1.807, 2.05) is 11.4 Å². The fourth-order valence-electron chi connectivity index (χ4n) is 1.65. The molecule has 0 radical (unpaired) electrons. The Balaban J connectivity index is 2.17. The third-order valence-corrected chi connectivity index (χ3v) is 4.56. The summed E-state index contributed by atoms with van der Waals surface area (Å²) in [6, 6.07) is 7.24. The van der Waals surface area contributed by atoms with E-state index < -0.39 is 5.97 Å². The molecule has 2 rings (SSSR count). The Morgan fingerprint density at radius 2 is 2.19 bits per heavy atom. The van der Waals surface area contributed by atoms with Crippen LogP contribution in [-0.2, 0) is 11.4 Å². The van der Waals surface area contributed by atoms with Crippen LogP contribution in [0.4, 0.5) is 0 Å². The van der Waals surface area contributed by atoms with E-state index in [1.165, 1.54) is 6.08 Å². The molecule has 1 heterocycles. The molecule has 2 aromatic rings. The Hall–Kier alpha value is -1.79. The van der Waals surface area contributed by atoms with Gasteiger partial charge >= 0.3 is 5.97 Å². The zero-order valence-corrected chi connectivity index (χ0v) is 13.6. The van der Waals surface area contributed by atoms with Crippen molar-refractivity contribution in [2.75, 3.05) is 7.11 Å². The van der Waals surface area contributed by atoms with E-state index in [2.05, 4.69) is 15.9 Å². The van der Waals surface area contributed by atoms with E-state index >= 15 is 0 Å². The zero-order valence-electron chi connectivity index (χ0n) is 11.2. The van der Waals surface area contributed by atoms with Crippen molar-refractivity contribution in [3.8, 4) is 11.5 Å². The predicted molar refractivity (Wildman–Crippen MR) is 86.0 cm³/mol. The fraction of sp³-hybridized carbons (Fsp3) is 0.133. The van der Waals surface area contributed by atoms with Crippen LogP contribution in [0, 0.1) is 0 Å². The lowest BCUT2D eigenvalue weighted by Crippen LogP contribution is -1.97. The molecule has 110 valence electrons. The number of benzene rings is 1. The largest absolute Gasteiger partial charge is 0.493 e. The summed E-state index contributed by atoms with van der Waals surface area (Å²) in [4.78, 5) is 11.6. The molecular formula is C15H13BrO4S. The van der Waals surface area contributed by atoms with Gasteiger partial charge in [-0.3, -0.25) is 0 Å². The SMILES string of the molecule is COc1ccc(C=CC(=O)O)cc1OCc1sccc1Br. The minimum atomic E-state index is -0.990. The number of aliphatic carboxylic acids is 1. The first-order valence-corrected chi connectivity index (χ1v) is 7.71. The summed E-state index contributed by atoms with van der Waals surface area (Å²) in [5.41, 5.74) is 0.735. The summed E-state index contributed by atoms with van der Waals surface area (Å²) in [5, 5.41) is 10.6. The highest BCUT2D eigenvalue weighted by atomic mass is 79.9. The average molecular weight is 369 g/mol. The predicted octanol–water partition coefficient (Wildman–Crippen LogP) is 4.20. The highest BCUT2D eigenvalue weighted by molar-refractivity contribution is 9.10. The topological polar surface area (TPSA) is 55.8 Å². The lowest BCUT2D eigenvalue weighted by molar-refractivity contribution is -0.131. The molecule has 0 spiro atoms. The van der Waals surface area contributed by atoms with Crippen LogP contribution in [0.25, 0.3) is 6.08 Å².